The van der Waals surface area contributed by atoms with Gasteiger partial charge in [0.1, 0.15) is 0 Å². The zero-order valence-corrected chi connectivity index (χ0v) is 15.4. The van der Waals surface area contributed by atoms with Crippen molar-refractivity contribution in [3.8, 4) is 0 Å². The number of fused-ring (bicyclic) bond motifs is 2. The molecule has 0 aromatic heterocycles. The molecule has 2 N–H and O–H groups in total. The van der Waals surface area contributed by atoms with E-state index < -0.39 is 0 Å². The van der Waals surface area contributed by atoms with Crippen LogP contribution in [0.5, 0.6) is 0 Å². The third-order valence-electron chi connectivity index (χ3n) is 4.87. The molecule has 1 amide bonds. The van der Waals surface area contributed by atoms with Gasteiger partial charge in [-0.1, -0.05) is 12.1 Å². The normalized spacial score (nSPS) is 25.4. The topological polar surface area (TPSA) is 50.4 Å². The fourth-order valence-corrected chi connectivity index (χ4v) is 3.76. The number of rotatable bonds is 6. The highest BCUT2D eigenvalue weighted by Gasteiger charge is 2.34. The van der Waals surface area contributed by atoms with Gasteiger partial charge in [-0.15, -0.1) is 12.4 Å². The van der Waals surface area contributed by atoms with Crippen molar-refractivity contribution in [2.24, 2.45) is 5.92 Å². The quantitative estimate of drug-likeness (QED) is 0.816. The summed E-state index contributed by atoms with van der Waals surface area (Å²) in [5.74, 6) is 0.676. The lowest BCUT2D eigenvalue weighted by molar-refractivity contribution is -0.117. The molecule has 2 atom stereocenters. The van der Waals surface area contributed by atoms with Gasteiger partial charge in [0.25, 0.3) is 0 Å². The Morgan fingerprint density at radius 3 is 2.42 bits per heavy atom. The molecule has 134 valence electrons. The Hall–Kier alpha value is -1.10. The number of ether oxygens (including phenoxy) is 1. The fourth-order valence-electron chi connectivity index (χ4n) is 3.76. The van der Waals surface area contributed by atoms with Gasteiger partial charge in [0.05, 0.1) is 12.7 Å². The molecular weight excluding hydrogens is 324 g/mol. The lowest BCUT2D eigenvalue weighted by Crippen LogP contribution is -2.39. The van der Waals surface area contributed by atoms with Gasteiger partial charge in [-0.3, -0.25) is 4.79 Å². The van der Waals surface area contributed by atoms with Crippen LogP contribution in [0, 0.1) is 5.92 Å². The molecule has 3 rings (SSSR count). The number of anilines is 1. The number of carbonyl (C=O) groups excluding carboxylic acids is 1. The molecular formula is C19H29ClN2O2. The smallest absolute Gasteiger partial charge is 0.224 e. The molecule has 1 aromatic carbocycles. The van der Waals surface area contributed by atoms with Gasteiger partial charge in [0.2, 0.25) is 5.91 Å². The van der Waals surface area contributed by atoms with Crippen molar-refractivity contribution in [2.45, 2.75) is 70.7 Å². The van der Waals surface area contributed by atoms with E-state index in [0.29, 0.717) is 31.0 Å². The highest BCUT2D eigenvalue weighted by molar-refractivity contribution is 5.90. The van der Waals surface area contributed by atoms with Gasteiger partial charge < -0.3 is 15.4 Å². The second-order valence-electron chi connectivity index (χ2n) is 7.28. The van der Waals surface area contributed by atoms with E-state index in [1.807, 2.05) is 38.1 Å². The fraction of sp³-hybridized carbons (Fsp3) is 0.632. The van der Waals surface area contributed by atoms with Crippen molar-refractivity contribution in [3.63, 3.8) is 0 Å². The van der Waals surface area contributed by atoms with Crippen molar-refractivity contribution in [2.75, 3.05) is 5.32 Å². The van der Waals surface area contributed by atoms with E-state index in [1.54, 1.807) is 0 Å². The largest absolute Gasteiger partial charge is 0.374 e. The summed E-state index contributed by atoms with van der Waals surface area (Å²) in [6, 6.07) is 9.25. The first-order valence-corrected chi connectivity index (χ1v) is 8.85. The maximum Gasteiger partial charge on any atom is 0.224 e. The van der Waals surface area contributed by atoms with Crippen molar-refractivity contribution < 1.29 is 9.53 Å². The van der Waals surface area contributed by atoms with Gasteiger partial charge in [0, 0.05) is 24.2 Å². The molecule has 2 unspecified atom stereocenters. The van der Waals surface area contributed by atoms with Crippen LogP contribution in [0.1, 0.15) is 51.5 Å². The van der Waals surface area contributed by atoms with Gasteiger partial charge in [-0.05, 0) is 63.1 Å². The van der Waals surface area contributed by atoms with Gasteiger partial charge >= 0.3 is 0 Å². The van der Waals surface area contributed by atoms with E-state index in [1.165, 1.54) is 12.8 Å². The monoisotopic (exact) mass is 352 g/mol. The van der Waals surface area contributed by atoms with E-state index in [-0.39, 0.29) is 24.4 Å². The Balaban J connectivity index is 0.00000208. The molecule has 1 aromatic rings. The summed E-state index contributed by atoms with van der Waals surface area (Å²) in [4.78, 5) is 12.3. The van der Waals surface area contributed by atoms with Crippen LogP contribution in [-0.4, -0.2) is 24.1 Å². The van der Waals surface area contributed by atoms with Gasteiger partial charge in [-0.25, -0.2) is 0 Å². The third-order valence-corrected chi connectivity index (χ3v) is 4.87. The molecule has 2 bridgehead atoms. The zero-order chi connectivity index (χ0) is 16.2. The average molecular weight is 353 g/mol. The number of benzene rings is 1. The highest BCUT2D eigenvalue weighted by atomic mass is 35.5. The van der Waals surface area contributed by atoms with Crippen LogP contribution in [0.4, 0.5) is 5.69 Å². The minimum Gasteiger partial charge on any atom is -0.374 e. The molecule has 0 radical (unpaired) electrons. The summed E-state index contributed by atoms with van der Waals surface area (Å²) < 4.78 is 5.58. The first kappa shape index (κ1) is 19.2. The Morgan fingerprint density at radius 1 is 1.21 bits per heavy atom. The van der Waals surface area contributed by atoms with Crippen molar-refractivity contribution >= 4 is 24.0 Å². The number of halogens is 1. The van der Waals surface area contributed by atoms with E-state index in [2.05, 4.69) is 10.6 Å². The highest BCUT2D eigenvalue weighted by Crippen LogP contribution is 2.32. The van der Waals surface area contributed by atoms with E-state index in [9.17, 15) is 4.79 Å². The molecule has 0 aliphatic carbocycles. The molecule has 2 fully saturated rings. The minimum absolute atomic E-state index is 0. The zero-order valence-electron chi connectivity index (χ0n) is 14.6. The van der Waals surface area contributed by atoms with Crippen LogP contribution in [0.3, 0.4) is 0 Å². The number of piperidine rings is 1. The number of nitrogens with one attached hydrogen (secondary N) is 2. The van der Waals surface area contributed by atoms with E-state index >= 15 is 0 Å². The lowest BCUT2D eigenvalue weighted by Gasteiger charge is -2.28. The van der Waals surface area contributed by atoms with Crippen LogP contribution < -0.4 is 10.6 Å². The summed E-state index contributed by atoms with van der Waals surface area (Å²) >= 11 is 0. The maximum absolute atomic E-state index is 12.3. The summed E-state index contributed by atoms with van der Waals surface area (Å²) in [7, 11) is 0. The van der Waals surface area contributed by atoms with Crippen molar-refractivity contribution in [1.82, 2.24) is 5.32 Å². The SMILES string of the molecule is CC(C)OCc1ccc(NC(=O)CC2CC3CCC(C2)N3)cc1.Cl. The molecule has 5 heteroatoms. The number of amides is 1. The molecule has 2 saturated heterocycles. The number of hydrogen-bond donors (Lipinski definition) is 2. The summed E-state index contributed by atoms with van der Waals surface area (Å²) in [5.41, 5.74) is 2.01. The minimum atomic E-state index is 0. The number of carbonyl (C=O) groups is 1. The number of hydrogen-bond acceptors (Lipinski definition) is 3. The van der Waals surface area contributed by atoms with Gasteiger partial charge in [-0.2, -0.15) is 0 Å². The third kappa shape index (κ3) is 5.47. The standard InChI is InChI=1S/C19H28N2O2.ClH/c1-13(2)23-12-14-3-5-16(6-4-14)21-19(22)11-15-9-17-7-8-18(10-15)20-17;/h3-6,13,15,17-18,20H,7-12H2,1-2H3,(H,21,22);1H. The second-order valence-corrected chi connectivity index (χ2v) is 7.28. The van der Waals surface area contributed by atoms with E-state index in [4.69, 9.17) is 4.74 Å². The summed E-state index contributed by atoms with van der Waals surface area (Å²) in [6.45, 7) is 4.67. The Kier molecular flexibility index (Phi) is 7.08. The molecule has 24 heavy (non-hydrogen) atoms. The van der Waals surface area contributed by atoms with Crippen LogP contribution in [-0.2, 0) is 16.1 Å². The molecule has 0 saturated carbocycles. The van der Waals surface area contributed by atoms with Gasteiger partial charge in [0.15, 0.2) is 0 Å². The first-order valence-electron chi connectivity index (χ1n) is 8.85. The van der Waals surface area contributed by atoms with Crippen LogP contribution in [0.25, 0.3) is 0 Å². The Labute approximate surface area is 151 Å². The molecule has 2 aliphatic rings. The predicted molar refractivity (Wildman–Crippen MR) is 99.5 cm³/mol. The van der Waals surface area contributed by atoms with Crippen molar-refractivity contribution in [3.05, 3.63) is 29.8 Å². The molecule has 2 aliphatic heterocycles. The Bertz CT molecular complexity index is 521. The second kappa shape index (κ2) is 8.84. The molecule has 4 nitrogen and oxygen atoms in total. The summed E-state index contributed by atoms with van der Waals surface area (Å²) in [5, 5.41) is 6.66. The van der Waals surface area contributed by atoms with E-state index in [0.717, 1.165) is 24.1 Å². The Morgan fingerprint density at radius 2 is 1.83 bits per heavy atom. The van der Waals surface area contributed by atoms with Crippen LogP contribution >= 0.6 is 12.4 Å². The molecule has 2 heterocycles. The summed E-state index contributed by atoms with van der Waals surface area (Å²) in [6.07, 6.45) is 5.73. The van der Waals surface area contributed by atoms with Crippen LogP contribution in [0.15, 0.2) is 24.3 Å². The van der Waals surface area contributed by atoms with Crippen LogP contribution in [0.2, 0.25) is 0 Å². The van der Waals surface area contributed by atoms with Crippen molar-refractivity contribution in [1.29, 1.82) is 0 Å². The predicted octanol–water partition coefficient (Wildman–Crippen LogP) is 3.89. The first-order chi connectivity index (χ1) is 11.1. The average Bonchev–Trinajstić information content (AvgIpc) is 2.85. The molecule has 0 spiro atoms. The lowest BCUT2D eigenvalue weighted by atomic mass is 9.89. The maximum atomic E-state index is 12.3.